The van der Waals surface area contributed by atoms with Crippen LogP contribution >= 0.6 is 11.6 Å². The minimum absolute atomic E-state index is 0.184. The third-order valence-corrected chi connectivity index (χ3v) is 3.49. The second-order valence-corrected chi connectivity index (χ2v) is 4.85. The Morgan fingerprint density at radius 2 is 2.05 bits per heavy atom. The fourth-order valence-corrected chi connectivity index (χ4v) is 2.12. The van der Waals surface area contributed by atoms with E-state index in [4.69, 9.17) is 16.7 Å². The summed E-state index contributed by atoms with van der Waals surface area (Å²) in [5.74, 6) is -0.401. The Kier molecular flexibility index (Phi) is 2.91. The smallest absolute Gasteiger partial charge is 0.337 e. The molecule has 6 heteroatoms. The Morgan fingerprint density at radius 3 is 2.75 bits per heavy atom. The average Bonchev–Trinajstić information content (AvgIpc) is 2.84. The number of rotatable bonds is 2. The molecule has 0 saturated carbocycles. The molecule has 0 aliphatic carbocycles. The molecule has 1 N–H and O–H groups in total. The summed E-state index contributed by atoms with van der Waals surface area (Å²) >= 11 is 6.01. The quantitative estimate of drug-likeness (QED) is 0.786. The SMILES string of the molecule is Cc1cc(-c2nnc3ccc(C(=O)O)cn23)ccc1Cl. The molecule has 0 unspecified atom stereocenters. The third-order valence-electron chi connectivity index (χ3n) is 3.07. The van der Waals surface area contributed by atoms with Crippen molar-refractivity contribution in [1.29, 1.82) is 0 Å². The fraction of sp³-hybridized carbons (Fsp3) is 0.0714. The molecule has 0 aliphatic rings. The molecule has 0 fully saturated rings. The van der Waals surface area contributed by atoms with Crippen LogP contribution in [0.4, 0.5) is 0 Å². The zero-order valence-corrected chi connectivity index (χ0v) is 11.3. The van der Waals surface area contributed by atoms with Crippen molar-refractivity contribution < 1.29 is 9.90 Å². The molecule has 1 aromatic carbocycles. The number of carboxylic acid groups (broad SMARTS) is 1. The summed E-state index contributed by atoms with van der Waals surface area (Å²) in [7, 11) is 0. The lowest BCUT2D eigenvalue weighted by Crippen LogP contribution is -1.99. The van der Waals surface area contributed by atoms with Crippen LogP contribution in [0.15, 0.2) is 36.5 Å². The van der Waals surface area contributed by atoms with Crippen molar-refractivity contribution in [2.45, 2.75) is 6.92 Å². The van der Waals surface area contributed by atoms with Gasteiger partial charge in [-0.3, -0.25) is 4.40 Å². The molecule has 2 aromatic heterocycles. The standard InChI is InChI=1S/C14H10ClN3O2/c1-8-6-9(2-4-11(8)15)13-17-16-12-5-3-10(14(19)20)7-18(12)13/h2-7H,1H3,(H,19,20). The number of nitrogens with zero attached hydrogens (tertiary/aromatic N) is 3. The summed E-state index contributed by atoms with van der Waals surface area (Å²) in [6.45, 7) is 1.90. The van der Waals surface area contributed by atoms with Crippen LogP contribution in [0.3, 0.4) is 0 Å². The number of carboxylic acids is 1. The van der Waals surface area contributed by atoms with E-state index in [1.807, 2.05) is 19.1 Å². The van der Waals surface area contributed by atoms with Crippen LogP contribution < -0.4 is 0 Å². The summed E-state index contributed by atoms with van der Waals surface area (Å²) in [4.78, 5) is 11.0. The van der Waals surface area contributed by atoms with Crippen molar-refractivity contribution in [3.63, 3.8) is 0 Å². The Hall–Kier alpha value is -2.40. The van der Waals surface area contributed by atoms with Gasteiger partial charge in [0.2, 0.25) is 0 Å². The van der Waals surface area contributed by atoms with E-state index >= 15 is 0 Å². The van der Waals surface area contributed by atoms with Crippen LogP contribution in [0, 0.1) is 6.92 Å². The number of pyridine rings is 1. The van der Waals surface area contributed by atoms with Crippen LogP contribution in [0.5, 0.6) is 0 Å². The normalized spacial score (nSPS) is 10.9. The van der Waals surface area contributed by atoms with Crippen molar-refractivity contribution in [3.8, 4) is 11.4 Å². The molecule has 0 aliphatic heterocycles. The van der Waals surface area contributed by atoms with Crippen LogP contribution in [-0.4, -0.2) is 25.7 Å². The predicted molar refractivity (Wildman–Crippen MR) is 75.1 cm³/mol. The number of halogens is 1. The van der Waals surface area contributed by atoms with Gasteiger partial charge in [-0.1, -0.05) is 11.6 Å². The second kappa shape index (κ2) is 4.61. The van der Waals surface area contributed by atoms with Crippen molar-refractivity contribution in [2.75, 3.05) is 0 Å². The number of hydrogen-bond donors (Lipinski definition) is 1. The summed E-state index contributed by atoms with van der Waals surface area (Å²) in [6.07, 6.45) is 1.51. The summed E-state index contributed by atoms with van der Waals surface area (Å²) in [5, 5.41) is 17.9. The van der Waals surface area contributed by atoms with E-state index in [-0.39, 0.29) is 5.56 Å². The van der Waals surface area contributed by atoms with Gasteiger partial charge in [0.1, 0.15) is 0 Å². The molecule has 20 heavy (non-hydrogen) atoms. The first kappa shape index (κ1) is 12.6. The van der Waals surface area contributed by atoms with Gasteiger partial charge < -0.3 is 5.11 Å². The van der Waals surface area contributed by atoms with Gasteiger partial charge in [-0.2, -0.15) is 0 Å². The highest BCUT2D eigenvalue weighted by atomic mass is 35.5. The van der Waals surface area contributed by atoms with E-state index < -0.39 is 5.97 Å². The van der Waals surface area contributed by atoms with E-state index in [2.05, 4.69) is 10.2 Å². The maximum absolute atomic E-state index is 11.0. The highest BCUT2D eigenvalue weighted by molar-refractivity contribution is 6.31. The van der Waals surface area contributed by atoms with Crippen molar-refractivity contribution in [3.05, 3.63) is 52.7 Å². The average molecular weight is 288 g/mol. The molecule has 0 radical (unpaired) electrons. The van der Waals surface area contributed by atoms with Gasteiger partial charge in [0, 0.05) is 16.8 Å². The van der Waals surface area contributed by atoms with E-state index in [9.17, 15) is 4.79 Å². The van der Waals surface area contributed by atoms with Crippen molar-refractivity contribution >= 4 is 23.2 Å². The highest BCUT2D eigenvalue weighted by Crippen LogP contribution is 2.24. The first-order valence-corrected chi connectivity index (χ1v) is 6.28. The van der Waals surface area contributed by atoms with E-state index in [0.29, 0.717) is 16.5 Å². The Bertz CT molecular complexity index is 826. The number of fused-ring (bicyclic) bond motifs is 1. The summed E-state index contributed by atoms with van der Waals surface area (Å²) in [5.41, 5.74) is 2.54. The molecule has 3 aromatic rings. The number of carbonyl (C=O) groups is 1. The van der Waals surface area contributed by atoms with Crippen LogP contribution in [0.2, 0.25) is 5.02 Å². The Balaban J connectivity index is 2.22. The molecule has 0 atom stereocenters. The molecular formula is C14H10ClN3O2. The minimum Gasteiger partial charge on any atom is -0.478 e. The molecule has 3 rings (SSSR count). The van der Waals surface area contributed by atoms with Gasteiger partial charge in [0.05, 0.1) is 5.56 Å². The van der Waals surface area contributed by atoms with Crippen molar-refractivity contribution in [2.24, 2.45) is 0 Å². The first-order valence-electron chi connectivity index (χ1n) is 5.91. The summed E-state index contributed by atoms with van der Waals surface area (Å²) < 4.78 is 1.66. The monoisotopic (exact) mass is 287 g/mol. The number of aryl methyl sites for hydroxylation is 1. The second-order valence-electron chi connectivity index (χ2n) is 4.44. The van der Waals surface area contributed by atoms with Gasteiger partial charge in [0.15, 0.2) is 11.5 Å². The summed E-state index contributed by atoms with van der Waals surface area (Å²) in [6, 6.07) is 8.64. The largest absolute Gasteiger partial charge is 0.478 e. The third kappa shape index (κ3) is 2.02. The molecule has 100 valence electrons. The molecule has 0 saturated heterocycles. The Labute approximate surface area is 119 Å². The molecule has 5 nitrogen and oxygen atoms in total. The number of aromatic carboxylic acids is 1. The molecule has 0 bridgehead atoms. The van der Waals surface area contributed by atoms with Gasteiger partial charge >= 0.3 is 5.97 Å². The highest BCUT2D eigenvalue weighted by Gasteiger charge is 2.11. The lowest BCUT2D eigenvalue weighted by atomic mass is 10.1. The lowest BCUT2D eigenvalue weighted by molar-refractivity contribution is 0.0696. The number of aromatic nitrogens is 3. The van der Waals surface area contributed by atoms with Gasteiger partial charge in [-0.25, -0.2) is 4.79 Å². The van der Waals surface area contributed by atoms with E-state index in [1.165, 1.54) is 12.3 Å². The molecular weight excluding hydrogens is 278 g/mol. The van der Waals surface area contributed by atoms with Crippen LogP contribution in [0.25, 0.3) is 17.0 Å². The molecule has 0 amide bonds. The van der Waals surface area contributed by atoms with Gasteiger partial charge in [0.25, 0.3) is 0 Å². The van der Waals surface area contributed by atoms with Gasteiger partial charge in [-0.15, -0.1) is 10.2 Å². The topological polar surface area (TPSA) is 67.5 Å². The molecule has 0 spiro atoms. The maximum Gasteiger partial charge on any atom is 0.337 e. The van der Waals surface area contributed by atoms with E-state index in [0.717, 1.165) is 11.1 Å². The van der Waals surface area contributed by atoms with E-state index in [1.54, 1.807) is 16.5 Å². The zero-order chi connectivity index (χ0) is 14.3. The van der Waals surface area contributed by atoms with Crippen molar-refractivity contribution in [1.82, 2.24) is 14.6 Å². The van der Waals surface area contributed by atoms with Gasteiger partial charge in [-0.05, 0) is 42.8 Å². The van der Waals surface area contributed by atoms with Crippen LogP contribution in [-0.2, 0) is 0 Å². The number of hydrogen-bond acceptors (Lipinski definition) is 3. The first-order chi connectivity index (χ1) is 9.56. The minimum atomic E-state index is -0.987. The number of benzene rings is 1. The predicted octanol–water partition coefficient (Wildman–Crippen LogP) is 3.06. The van der Waals surface area contributed by atoms with Crippen LogP contribution in [0.1, 0.15) is 15.9 Å². The fourth-order valence-electron chi connectivity index (χ4n) is 2.00. The maximum atomic E-state index is 11.0. The zero-order valence-electron chi connectivity index (χ0n) is 10.5. The lowest BCUT2D eigenvalue weighted by Gasteiger charge is -2.03. The Morgan fingerprint density at radius 1 is 1.25 bits per heavy atom. The molecule has 2 heterocycles.